The number of carbonyl (C=O) groups excluding carboxylic acids is 2. The SMILES string of the molecule is CCC1C(=O)NC(=O)CN1S(=O)(=O)CCCN. The second kappa shape index (κ2) is 5.56. The second-order valence-electron chi connectivity index (χ2n) is 3.84. The first kappa shape index (κ1) is 14.1. The van der Waals surface area contributed by atoms with Crippen LogP contribution in [-0.4, -0.2) is 49.4 Å². The molecule has 7 nitrogen and oxygen atoms in total. The fourth-order valence-electron chi connectivity index (χ4n) is 1.71. The first-order chi connectivity index (χ1) is 7.92. The highest BCUT2D eigenvalue weighted by molar-refractivity contribution is 7.89. The number of carbonyl (C=O) groups is 2. The van der Waals surface area contributed by atoms with E-state index in [1.807, 2.05) is 0 Å². The zero-order valence-electron chi connectivity index (χ0n) is 9.68. The Morgan fingerprint density at radius 1 is 1.47 bits per heavy atom. The summed E-state index contributed by atoms with van der Waals surface area (Å²) in [7, 11) is -3.60. The number of rotatable bonds is 5. The van der Waals surface area contributed by atoms with E-state index in [2.05, 4.69) is 5.32 Å². The van der Waals surface area contributed by atoms with Crippen molar-refractivity contribution in [1.82, 2.24) is 9.62 Å². The van der Waals surface area contributed by atoms with Crippen LogP contribution < -0.4 is 11.1 Å². The van der Waals surface area contributed by atoms with Gasteiger partial charge in [0.05, 0.1) is 12.3 Å². The van der Waals surface area contributed by atoms with Gasteiger partial charge >= 0.3 is 0 Å². The Bertz CT molecular complexity index is 406. The van der Waals surface area contributed by atoms with Gasteiger partial charge in [0.1, 0.15) is 6.04 Å². The van der Waals surface area contributed by atoms with Gasteiger partial charge in [-0.1, -0.05) is 6.92 Å². The van der Waals surface area contributed by atoms with Crippen molar-refractivity contribution < 1.29 is 18.0 Å². The lowest BCUT2D eigenvalue weighted by molar-refractivity contribution is -0.137. The van der Waals surface area contributed by atoms with Gasteiger partial charge in [-0.2, -0.15) is 4.31 Å². The summed E-state index contributed by atoms with van der Waals surface area (Å²) in [4.78, 5) is 22.7. The number of sulfonamides is 1. The van der Waals surface area contributed by atoms with Gasteiger partial charge in [-0.25, -0.2) is 8.42 Å². The molecule has 1 atom stereocenters. The van der Waals surface area contributed by atoms with Gasteiger partial charge < -0.3 is 5.73 Å². The fraction of sp³-hybridized carbons (Fsp3) is 0.778. The molecule has 3 N–H and O–H groups in total. The lowest BCUT2D eigenvalue weighted by Crippen LogP contribution is -2.59. The molecule has 0 aromatic rings. The Morgan fingerprint density at radius 3 is 2.65 bits per heavy atom. The van der Waals surface area contributed by atoms with Crippen LogP contribution in [0.1, 0.15) is 19.8 Å². The molecule has 1 saturated heterocycles. The molecule has 0 bridgehead atoms. The van der Waals surface area contributed by atoms with Crippen molar-refractivity contribution in [3.63, 3.8) is 0 Å². The maximum atomic E-state index is 11.9. The van der Waals surface area contributed by atoms with Crippen LogP contribution in [0.3, 0.4) is 0 Å². The smallest absolute Gasteiger partial charge is 0.245 e. The lowest BCUT2D eigenvalue weighted by atomic mass is 10.2. The molecule has 1 unspecified atom stereocenters. The highest BCUT2D eigenvalue weighted by Crippen LogP contribution is 2.15. The zero-order valence-corrected chi connectivity index (χ0v) is 10.5. The van der Waals surface area contributed by atoms with Crippen molar-refractivity contribution in [2.45, 2.75) is 25.8 Å². The van der Waals surface area contributed by atoms with Gasteiger partial charge in [0.25, 0.3) is 0 Å². The monoisotopic (exact) mass is 263 g/mol. The maximum absolute atomic E-state index is 11.9. The van der Waals surface area contributed by atoms with Crippen molar-refractivity contribution in [3.8, 4) is 0 Å². The maximum Gasteiger partial charge on any atom is 0.245 e. The molecule has 0 aromatic heterocycles. The standard InChI is InChI=1S/C9H17N3O4S/c1-2-7-9(14)11-8(13)6-12(7)17(15,16)5-3-4-10/h7H,2-6,10H2,1H3,(H,11,13,14). The van der Waals surface area contributed by atoms with Crippen molar-refractivity contribution >= 4 is 21.8 Å². The van der Waals surface area contributed by atoms with Gasteiger partial charge in [0.2, 0.25) is 21.8 Å². The van der Waals surface area contributed by atoms with E-state index in [0.29, 0.717) is 12.8 Å². The summed E-state index contributed by atoms with van der Waals surface area (Å²) in [5.74, 6) is -1.28. The summed E-state index contributed by atoms with van der Waals surface area (Å²) in [6, 6.07) is -0.796. The van der Waals surface area contributed by atoms with Crippen molar-refractivity contribution in [3.05, 3.63) is 0 Å². The molecule has 2 amide bonds. The number of piperazine rings is 1. The minimum absolute atomic E-state index is 0.138. The van der Waals surface area contributed by atoms with E-state index in [1.54, 1.807) is 6.92 Å². The van der Waals surface area contributed by atoms with E-state index in [0.717, 1.165) is 4.31 Å². The van der Waals surface area contributed by atoms with E-state index in [-0.39, 0.29) is 18.8 Å². The van der Waals surface area contributed by atoms with Crippen LogP contribution in [0, 0.1) is 0 Å². The molecule has 0 radical (unpaired) electrons. The summed E-state index contributed by atoms with van der Waals surface area (Å²) < 4.78 is 24.9. The van der Waals surface area contributed by atoms with Crippen LogP contribution in [0.25, 0.3) is 0 Å². The van der Waals surface area contributed by atoms with Crippen LogP contribution in [0.2, 0.25) is 0 Å². The largest absolute Gasteiger partial charge is 0.330 e. The molecule has 1 aliphatic rings. The molecule has 0 aliphatic carbocycles. The third-order valence-corrected chi connectivity index (χ3v) is 4.47. The average molecular weight is 263 g/mol. The van der Waals surface area contributed by atoms with Crippen molar-refractivity contribution in [2.24, 2.45) is 5.73 Å². The average Bonchev–Trinajstić information content (AvgIpc) is 2.25. The first-order valence-electron chi connectivity index (χ1n) is 5.45. The molecule has 98 valence electrons. The molecule has 1 rings (SSSR count). The van der Waals surface area contributed by atoms with E-state index in [4.69, 9.17) is 5.73 Å². The molecule has 1 heterocycles. The van der Waals surface area contributed by atoms with Crippen LogP contribution in [0.4, 0.5) is 0 Å². The zero-order chi connectivity index (χ0) is 13.1. The minimum Gasteiger partial charge on any atom is -0.330 e. The molecule has 0 aromatic carbocycles. The molecular weight excluding hydrogens is 246 g/mol. The molecule has 0 spiro atoms. The Balaban J connectivity index is 2.91. The normalized spacial score (nSPS) is 22.6. The predicted molar refractivity (Wildman–Crippen MR) is 61.4 cm³/mol. The first-order valence-corrected chi connectivity index (χ1v) is 7.06. The van der Waals surface area contributed by atoms with Crippen molar-refractivity contribution in [1.29, 1.82) is 0 Å². The molecule has 8 heteroatoms. The van der Waals surface area contributed by atoms with Crippen molar-refractivity contribution in [2.75, 3.05) is 18.8 Å². The summed E-state index contributed by atoms with van der Waals surface area (Å²) in [6.07, 6.45) is 0.645. The number of nitrogens with two attached hydrogens (primary N) is 1. The molecule has 1 fully saturated rings. The number of imide groups is 1. The summed E-state index contributed by atoms with van der Waals surface area (Å²) >= 11 is 0. The topological polar surface area (TPSA) is 110 Å². The van der Waals surface area contributed by atoms with E-state index in [1.165, 1.54) is 0 Å². The predicted octanol–water partition coefficient (Wildman–Crippen LogP) is -1.60. The van der Waals surface area contributed by atoms with E-state index < -0.39 is 27.9 Å². The Hall–Kier alpha value is -0.990. The summed E-state index contributed by atoms with van der Waals surface area (Å²) in [5.41, 5.74) is 5.26. The van der Waals surface area contributed by atoms with Crippen LogP contribution in [0.15, 0.2) is 0 Å². The Labute approximate surface area is 100 Å². The van der Waals surface area contributed by atoms with Crippen LogP contribution in [-0.2, 0) is 19.6 Å². The van der Waals surface area contributed by atoms with Crippen LogP contribution in [0.5, 0.6) is 0 Å². The number of nitrogens with zero attached hydrogens (tertiary/aromatic N) is 1. The van der Waals surface area contributed by atoms with Gasteiger partial charge in [-0.15, -0.1) is 0 Å². The van der Waals surface area contributed by atoms with Gasteiger partial charge in [0, 0.05) is 0 Å². The quantitative estimate of drug-likeness (QED) is 0.581. The Morgan fingerprint density at radius 2 is 2.12 bits per heavy atom. The number of amides is 2. The van der Waals surface area contributed by atoms with E-state index in [9.17, 15) is 18.0 Å². The van der Waals surface area contributed by atoms with Crippen LogP contribution >= 0.6 is 0 Å². The van der Waals surface area contributed by atoms with Gasteiger partial charge in [0.15, 0.2) is 0 Å². The number of nitrogens with one attached hydrogen (secondary N) is 1. The Kier molecular flexibility index (Phi) is 4.61. The van der Waals surface area contributed by atoms with Gasteiger partial charge in [-0.3, -0.25) is 14.9 Å². The van der Waals surface area contributed by atoms with Gasteiger partial charge in [-0.05, 0) is 19.4 Å². The molecular formula is C9H17N3O4S. The highest BCUT2D eigenvalue weighted by atomic mass is 32.2. The number of hydrogen-bond acceptors (Lipinski definition) is 5. The second-order valence-corrected chi connectivity index (χ2v) is 5.88. The van der Waals surface area contributed by atoms with E-state index >= 15 is 0 Å². The third kappa shape index (κ3) is 3.24. The number of hydrogen-bond donors (Lipinski definition) is 2. The molecule has 0 saturated carbocycles. The fourth-order valence-corrected chi connectivity index (χ4v) is 3.42. The minimum atomic E-state index is -3.60. The highest BCUT2D eigenvalue weighted by Gasteiger charge is 2.39. The summed E-state index contributed by atoms with van der Waals surface area (Å²) in [6.45, 7) is 1.66. The third-order valence-electron chi connectivity index (χ3n) is 2.56. The lowest BCUT2D eigenvalue weighted by Gasteiger charge is -2.32. The summed E-state index contributed by atoms with van der Waals surface area (Å²) in [5, 5.41) is 2.13. The molecule has 17 heavy (non-hydrogen) atoms. The molecule has 1 aliphatic heterocycles.